The Morgan fingerprint density at radius 3 is 2.94 bits per heavy atom. The lowest BCUT2D eigenvalue weighted by molar-refractivity contribution is -0.148. The van der Waals surface area contributed by atoms with E-state index in [1.165, 1.54) is 12.1 Å². The maximum atomic E-state index is 13.0. The van der Waals surface area contributed by atoms with Crippen molar-refractivity contribution in [3.63, 3.8) is 0 Å². The van der Waals surface area contributed by atoms with Crippen LogP contribution in [0, 0.1) is 5.82 Å². The van der Waals surface area contributed by atoms with E-state index in [0.29, 0.717) is 13.0 Å². The largest absolute Gasteiger partial charge is 0.363 e. The summed E-state index contributed by atoms with van der Waals surface area (Å²) < 4.78 is 18.7. The van der Waals surface area contributed by atoms with Crippen LogP contribution in [0.4, 0.5) is 4.39 Å². The SMILES string of the molecule is CC1(OCc2cccc(F)c2)CCCCC1=O. The summed E-state index contributed by atoms with van der Waals surface area (Å²) in [6, 6.07) is 6.30. The fraction of sp³-hybridized carbons (Fsp3) is 0.500. The summed E-state index contributed by atoms with van der Waals surface area (Å²) in [6.07, 6.45) is 3.34. The fourth-order valence-corrected chi connectivity index (χ4v) is 2.17. The molecule has 1 atom stereocenters. The van der Waals surface area contributed by atoms with Gasteiger partial charge in [-0.15, -0.1) is 0 Å². The third-order valence-electron chi connectivity index (χ3n) is 3.34. The molecule has 1 aromatic carbocycles. The molecule has 0 heterocycles. The number of halogens is 1. The van der Waals surface area contributed by atoms with Gasteiger partial charge in [0.15, 0.2) is 5.78 Å². The third kappa shape index (κ3) is 2.91. The molecule has 3 heteroatoms. The standard InChI is InChI=1S/C14H17FO2/c1-14(8-3-2-7-13(14)16)17-10-11-5-4-6-12(15)9-11/h4-6,9H,2-3,7-8,10H2,1H3. The Balaban J connectivity index is 1.99. The van der Waals surface area contributed by atoms with E-state index in [2.05, 4.69) is 0 Å². The zero-order valence-corrected chi connectivity index (χ0v) is 10.0. The molecule has 0 saturated heterocycles. The van der Waals surface area contributed by atoms with Crippen molar-refractivity contribution in [3.8, 4) is 0 Å². The van der Waals surface area contributed by atoms with E-state index < -0.39 is 5.60 Å². The van der Waals surface area contributed by atoms with Crippen molar-refractivity contribution >= 4 is 5.78 Å². The van der Waals surface area contributed by atoms with Gasteiger partial charge in [-0.3, -0.25) is 4.79 Å². The van der Waals surface area contributed by atoms with Gasteiger partial charge in [0, 0.05) is 6.42 Å². The number of rotatable bonds is 3. The first-order valence-electron chi connectivity index (χ1n) is 6.02. The van der Waals surface area contributed by atoms with Gasteiger partial charge < -0.3 is 4.74 Å². The van der Waals surface area contributed by atoms with Crippen molar-refractivity contribution in [1.82, 2.24) is 0 Å². The summed E-state index contributed by atoms with van der Waals surface area (Å²) in [6.45, 7) is 2.13. The normalized spacial score (nSPS) is 24.9. The number of hydrogen-bond acceptors (Lipinski definition) is 2. The molecule has 0 amide bonds. The molecule has 0 radical (unpaired) electrons. The monoisotopic (exact) mass is 236 g/mol. The van der Waals surface area contributed by atoms with Crippen LogP contribution in [0.3, 0.4) is 0 Å². The topological polar surface area (TPSA) is 26.3 Å². The molecular weight excluding hydrogens is 219 g/mol. The van der Waals surface area contributed by atoms with Gasteiger partial charge in [0.1, 0.15) is 11.4 Å². The Hall–Kier alpha value is -1.22. The Kier molecular flexibility index (Phi) is 3.57. The van der Waals surface area contributed by atoms with Crippen LogP contribution < -0.4 is 0 Å². The lowest BCUT2D eigenvalue weighted by Crippen LogP contribution is -2.40. The first kappa shape index (κ1) is 12.2. The molecule has 1 aliphatic rings. The summed E-state index contributed by atoms with van der Waals surface area (Å²) in [7, 11) is 0. The molecule has 92 valence electrons. The van der Waals surface area contributed by atoms with E-state index in [1.54, 1.807) is 12.1 Å². The van der Waals surface area contributed by atoms with E-state index >= 15 is 0 Å². The van der Waals surface area contributed by atoms with E-state index in [9.17, 15) is 9.18 Å². The van der Waals surface area contributed by atoms with E-state index in [1.807, 2.05) is 6.92 Å². The smallest absolute Gasteiger partial charge is 0.164 e. The predicted octanol–water partition coefficient (Wildman–Crippen LogP) is 3.24. The molecule has 2 rings (SSSR count). The lowest BCUT2D eigenvalue weighted by Gasteiger charge is -2.32. The van der Waals surface area contributed by atoms with Crippen molar-refractivity contribution < 1.29 is 13.9 Å². The molecule has 1 aromatic rings. The molecule has 0 bridgehead atoms. The molecular formula is C14H17FO2. The first-order valence-corrected chi connectivity index (χ1v) is 6.02. The van der Waals surface area contributed by atoms with Crippen LogP contribution in [0.5, 0.6) is 0 Å². The second-order valence-corrected chi connectivity index (χ2v) is 4.78. The molecule has 1 aliphatic carbocycles. The molecule has 1 saturated carbocycles. The number of ether oxygens (including phenoxy) is 1. The van der Waals surface area contributed by atoms with Gasteiger partial charge in [0.2, 0.25) is 0 Å². The number of carbonyl (C=O) groups excluding carboxylic acids is 1. The molecule has 1 fully saturated rings. The lowest BCUT2D eigenvalue weighted by atomic mass is 9.85. The summed E-state index contributed by atoms with van der Waals surface area (Å²) in [4.78, 5) is 11.8. The number of Topliss-reactive ketones (excluding diaryl/α,β-unsaturated/α-hetero) is 1. The van der Waals surface area contributed by atoms with Crippen LogP contribution >= 0.6 is 0 Å². The minimum absolute atomic E-state index is 0.167. The Morgan fingerprint density at radius 2 is 2.24 bits per heavy atom. The van der Waals surface area contributed by atoms with Gasteiger partial charge in [-0.05, 0) is 43.9 Å². The van der Waals surface area contributed by atoms with Crippen molar-refractivity contribution in [2.45, 2.75) is 44.8 Å². The molecule has 0 aliphatic heterocycles. The van der Waals surface area contributed by atoms with Gasteiger partial charge in [-0.1, -0.05) is 12.1 Å². The van der Waals surface area contributed by atoms with Crippen molar-refractivity contribution in [1.29, 1.82) is 0 Å². The average molecular weight is 236 g/mol. The van der Waals surface area contributed by atoms with Crippen LogP contribution in [0.1, 0.15) is 38.2 Å². The third-order valence-corrected chi connectivity index (χ3v) is 3.34. The maximum absolute atomic E-state index is 13.0. The predicted molar refractivity (Wildman–Crippen MR) is 63.1 cm³/mol. The highest BCUT2D eigenvalue weighted by Gasteiger charge is 2.35. The van der Waals surface area contributed by atoms with E-state index in [-0.39, 0.29) is 11.6 Å². The van der Waals surface area contributed by atoms with Crippen LogP contribution in [-0.4, -0.2) is 11.4 Å². The average Bonchev–Trinajstić information content (AvgIpc) is 2.31. The minimum Gasteiger partial charge on any atom is -0.363 e. The fourth-order valence-electron chi connectivity index (χ4n) is 2.17. The number of ketones is 1. The van der Waals surface area contributed by atoms with Crippen molar-refractivity contribution in [2.75, 3.05) is 0 Å². The van der Waals surface area contributed by atoms with Gasteiger partial charge in [0.25, 0.3) is 0 Å². The Bertz CT molecular complexity index is 416. The van der Waals surface area contributed by atoms with Crippen LogP contribution in [0.2, 0.25) is 0 Å². The summed E-state index contributed by atoms with van der Waals surface area (Å²) in [5.74, 6) is -0.105. The number of benzene rings is 1. The molecule has 17 heavy (non-hydrogen) atoms. The van der Waals surface area contributed by atoms with E-state index in [4.69, 9.17) is 4.74 Å². The van der Waals surface area contributed by atoms with Gasteiger partial charge in [-0.2, -0.15) is 0 Å². The first-order chi connectivity index (χ1) is 8.10. The summed E-state index contributed by atoms with van der Waals surface area (Å²) in [5.41, 5.74) is 0.0921. The quantitative estimate of drug-likeness (QED) is 0.805. The van der Waals surface area contributed by atoms with Crippen LogP contribution in [0.15, 0.2) is 24.3 Å². The van der Waals surface area contributed by atoms with Gasteiger partial charge in [-0.25, -0.2) is 4.39 Å². The summed E-state index contributed by atoms with van der Waals surface area (Å²) >= 11 is 0. The minimum atomic E-state index is -0.676. The second kappa shape index (κ2) is 4.96. The Labute approximate surface area is 101 Å². The zero-order valence-electron chi connectivity index (χ0n) is 10.0. The molecule has 0 spiro atoms. The van der Waals surface area contributed by atoms with Crippen LogP contribution in [0.25, 0.3) is 0 Å². The van der Waals surface area contributed by atoms with E-state index in [0.717, 1.165) is 24.8 Å². The molecule has 1 unspecified atom stereocenters. The highest BCUT2D eigenvalue weighted by Crippen LogP contribution is 2.29. The van der Waals surface area contributed by atoms with Crippen molar-refractivity contribution in [2.24, 2.45) is 0 Å². The van der Waals surface area contributed by atoms with Crippen molar-refractivity contribution in [3.05, 3.63) is 35.6 Å². The van der Waals surface area contributed by atoms with Crippen LogP contribution in [-0.2, 0) is 16.1 Å². The van der Waals surface area contributed by atoms with Gasteiger partial charge in [0.05, 0.1) is 6.61 Å². The highest BCUT2D eigenvalue weighted by molar-refractivity contribution is 5.87. The number of carbonyl (C=O) groups is 1. The van der Waals surface area contributed by atoms with Gasteiger partial charge >= 0.3 is 0 Å². The second-order valence-electron chi connectivity index (χ2n) is 4.78. The zero-order chi connectivity index (χ0) is 12.3. The maximum Gasteiger partial charge on any atom is 0.164 e. The Morgan fingerprint density at radius 1 is 1.41 bits per heavy atom. The molecule has 0 N–H and O–H groups in total. The highest BCUT2D eigenvalue weighted by atomic mass is 19.1. The number of hydrogen-bond donors (Lipinski definition) is 0. The molecule has 2 nitrogen and oxygen atoms in total. The molecule has 0 aromatic heterocycles. The summed E-state index contributed by atoms with van der Waals surface area (Å²) in [5, 5.41) is 0.